The van der Waals surface area contributed by atoms with Gasteiger partial charge in [0.25, 0.3) is 0 Å². The molecule has 0 rings (SSSR count). The minimum absolute atomic E-state index is 0.0515. The largest absolute Gasteiger partial charge is 0.481 e. The highest BCUT2D eigenvalue weighted by Gasteiger charge is 2.18. The van der Waals surface area contributed by atoms with Gasteiger partial charge in [-0.1, -0.05) is 71.1 Å². The van der Waals surface area contributed by atoms with Gasteiger partial charge in [0, 0.05) is 6.42 Å². The van der Waals surface area contributed by atoms with Crippen molar-refractivity contribution in [2.75, 3.05) is 0 Å². The Morgan fingerprint density at radius 2 is 1.35 bits per heavy atom. The molecule has 1 unspecified atom stereocenters. The molecule has 1 N–H and O–H groups in total. The number of carboxylic acid groups (broad SMARTS) is 1. The second kappa shape index (κ2) is 13.5. The van der Waals surface area contributed by atoms with Crippen molar-refractivity contribution in [3.8, 4) is 0 Å². The van der Waals surface area contributed by atoms with E-state index in [1.54, 1.807) is 0 Å². The smallest absolute Gasteiger partial charge is 0.306 e. The van der Waals surface area contributed by atoms with Crippen LogP contribution in [0.15, 0.2) is 0 Å². The number of aliphatic carboxylic acids is 1. The third kappa shape index (κ3) is 12.5. The van der Waals surface area contributed by atoms with Crippen molar-refractivity contribution in [2.45, 2.75) is 84.0 Å². The standard InChI is InChI=1S/C16H30O3S/c1-2-3-4-5-6-7-8-9-10-11-12-14(16(18)19)13-15(17)20/h14H,2-13H2,1H3,(H,17,20)(H,18,19). The van der Waals surface area contributed by atoms with E-state index < -0.39 is 11.9 Å². The number of rotatable bonds is 14. The summed E-state index contributed by atoms with van der Waals surface area (Å²) in [5.41, 5.74) is 0. The predicted octanol–water partition coefficient (Wildman–Crippen LogP) is 4.84. The SMILES string of the molecule is CCCCCCCCCCCCC(CC(=O)S)C(=O)O. The van der Waals surface area contributed by atoms with E-state index >= 15 is 0 Å². The molecule has 118 valence electrons. The number of carbonyl (C=O) groups is 2. The average molecular weight is 302 g/mol. The highest BCUT2D eigenvalue weighted by Crippen LogP contribution is 2.17. The number of thiol groups is 1. The predicted molar refractivity (Wildman–Crippen MR) is 86.2 cm³/mol. The van der Waals surface area contributed by atoms with E-state index in [9.17, 15) is 9.59 Å². The molecule has 0 aliphatic carbocycles. The summed E-state index contributed by atoms with van der Waals surface area (Å²) < 4.78 is 0. The Balaban J connectivity index is 3.41. The molecule has 0 aromatic carbocycles. The fourth-order valence-corrected chi connectivity index (χ4v) is 2.62. The number of carboxylic acids is 1. The molecular formula is C16H30O3S. The van der Waals surface area contributed by atoms with Crippen LogP contribution >= 0.6 is 12.6 Å². The minimum atomic E-state index is -0.872. The summed E-state index contributed by atoms with van der Waals surface area (Å²) >= 11 is 3.66. The number of carbonyl (C=O) groups excluding carboxylic acids is 1. The van der Waals surface area contributed by atoms with Crippen molar-refractivity contribution in [2.24, 2.45) is 5.92 Å². The van der Waals surface area contributed by atoms with Crippen molar-refractivity contribution in [1.82, 2.24) is 0 Å². The van der Waals surface area contributed by atoms with Gasteiger partial charge in [-0.25, -0.2) is 0 Å². The van der Waals surface area contributed by atoms with Gasteiger partial charge in [0.05, 0.1) is 5.92 Å². The van der Waals surface area contributed by atoms with E-state index in [1.165, 1.54) is 51.4 Å². The van der Waals surface area contributed by atoms with E-state index in [1.807, 2.05) is 0 Å². The van der Waals surface area contributed by atoms with Crippen LogP contribution < -0.4 is 0 Å². The summed E-state index contributed by atoms with van der Waals surface area (Å²) in [6.07, 6.45) is 13.0. The molecule has 0 radical (unpaired) electrons. The molecule has 0 heterocycles. The molecule has 1 atom stereocenters. The maximum Gasteiger partial charge on any atom is 0.306 e. The first-order valence-corrected chi connectivity index (χ1v) is 8.47. The van der Waals surface area contributed by atoms with Gasteiger partial charge in [0.15, 0.2) is 5.12 Å². The van der Waals surface area contributed by atoms with Crippen molar-refractivity contribution >= 4 is 23.7 Å². The molecule has 0 aliphatic rings. The van der Waals surface area contributed by atoms with E-state index in [0.717, 1.165) is 12.8 Å². The summed E-state index contributed by atoms with van der Waals surface area (Å²) in [6, 6.07) is 0. The first-order chi connectivity index (χ1) is 9.57. The molecule has 20 heavy (non-hydrogen) atoms. The Morgan fingerprint density at radius 1 is 0.900 bits per heavy atom. The number of hydrogen-bond acceptors (Lipinski definition) is 2. The lowest BCUT2D eigenvalue weighted by Gasteiger charge is -2.09. The van der Waals surface area contributed by atoms with Gasteiger partial charge < -0.3 is 5.11 Å². The minimum Gasteiger partial charge on any atom is -0.481 e. The monoisotopic (exact) mass is 302 g/mol. The van der Waals surface area contributed by atoms with E-state index in [4.69, 9.17) is 5.11 Å². The van der Waals surface area contributed by atoms with E-state index in [-0.39, 0.29) is 11.5 Å². The lowest BCUT2D eigenvalue weighted by molar-refractivity contribution is -0.143. The molecule has 0 aromatic rings. The summed E-state index contributed by atoms with van der Waals surface area (Å²) in [5.74, 6) is -1.42. The first-order valence-electron chi connectivity index (χ1n) is 8.02. The van der Waals surface area contributed by atoms with E-state index in [0.29, 0.717) is 6.42 Å². The van der Waals surface area contributed by atoms with Gasteiger partial charge in [0.1, 0.15) is 0 Å². The highest BCUT2D eigenvalue weighted by molar-refractivity contribution is 7.96. The summed E-state index contributed by atoms with van der Waals surface area (Å²) in [6.45, 7) is 2.23. The summed E-state index contributed by atoms with van der Waals surface area (Å²) in [4.78, 5) is 21.8. The molecule has 0 amide bonds. The molecule has 0 aliphatic heterocycles. The summed E-state index contributed by atoms with van der Waals surface area (Å²) in [7, 11) is 0. The molecule has 3 nitrogen and oxygen atoms in total. The topological polar surface area (TPSA) is 54.4 Å². The van der Waals surface area contributed by atoms with Crippen LogP contribution in [0, 0.1) is 5.92 Å². The lowest BCUT2D eigenvalue weighted by atomic mass is 9.97. The maximum absolute atomic E-state index is 10.9. The fraction of sp³-hybridized carbons (Fsp3) is 0.875. The zero-order valence-electron chi connectivity index (χ0n) is 12.8. The maximum atomic E-state index is 10.9. The Hall–Kier alpha value is -0.510. The van der Waals surface area contributed by atoms with Gasteiger partial charge in [-0.2, -0.15) is 0 Å². The fourth-order valence-electron chi connectivity index (χ4n) is 2.40. The van der Waals surface area contributed by atoms with Crippen molar-refractivity contribution in [3.63, 3.8) is 0 Å². The van der Waals surface area contributed by atoms with Crippen molar-refractivity contribution in [1.29, 1.82) is 0 Å². The molecule has 0 saturated heterocycles. The Bertz CT molecular complexity index is 266. The second-order valence-electron chi connectivity index (χ2n) is 5.60. The number of unbranched alkanes of at least 4 members (excludes halogenated alkanes) is 9. The molecule has 0 bridgehead atoms. The van der Waals surface area contributed by atoms with Crippen LogP contribution in [0.2, 0.25) is 0 Å². The van der Waals surface area contributed by atoms with Crippen LogP contribution in [0.3, 0.4) is 0 Å². The van der Waals surface area contributed by atoms with Crippen LogP contribution in [0.5, 0.6) is 0 Å². The molecule has 0 fully saturated rings. The molecule has 0 spiro atoms. The third-order valence-corrected chi connectivity index (χ3v) is 3.86. The highest BCUT2D eigenvalue weighted by atomic mass is 32.1. The van der Waals surface area contributed by atoms with Crippen LogP contribution in [-0.4, -0.2) is 16.2 Å². The second-order valence-corrected chi connectivity index (χ2v) is 6.10. The van der Waals surface area contributed by atoms with Crippen molar-refractivity contribution in [3.05, 3.63) is 0 Å². The van der Waals surface area contributed by atoms with Crippen molar-refractivity contribution < 1.29 is 14.7 Å². The van der Waals surface area contributed by atoms with Gasteiger partial charge in [-0.3, -0.25) is 9.59 Å². The Morgan fingerprint density at radius 3 is 1.75 bits per heavy atom. The molecular weight excluding hydrogens is 272 g/mol. The van der Waals surface area contributed by atoms with Gasteiger partial charge in [0.2, 0.25) is 0 Å². The molecule has 0 aromatic heterocycles. The normalized spacial score (nSPS) is 12.3. The van der Waals surface area contributed by atoms with E-state index in [2.05, 4.69) is 19.6 Å². The van der Waals surface area contributed by atoms with Crippen LogP contribution in [-0.2, 0) is 9.59 Å². The van der Waals surface area contributed by atoms with Gasteiger partial charge in [-0.05, 0) is 6.42 Å². The number of hydrogen-bond donors (Lipinski definition) is 2. The Kier molecular flexibility index (Phi) is 13.1. The molecule has 4 heteroatoms. The first kappa shape index (κ1) is 19.5. The average Bonchev–Trinajstić information content (AvgIpc) is 2.39. The lowest BCUT2D eigenvalue weighted by Crippen LogP contribution is -2.16. The van der Waals surface area contributed by atoms with Crippen LogP contribution in [0.4, 0.5) is 0 Å². The van der Waals surface area contributed by atoms with Gasteiger partial charge in [-0.15, -0.1) is 12.6 Å². The Labute approximate surface area is 128 Å². The summed E-state index contributed by atoms with van der Waals surface area (Å²) in [5, 5.41) is 8.65. The molecule has 0 saturated carbocycles. The van der Waals surface area contributed by atoms with Crippen LogP contribution in [0.1, 0.15) is 84.0 Å². The quantitative estimate of drug-likeness (QED) is 0.356. The van der Waals surface area contributed by atoms with Gasteiger partial charge >= 0.3 is 5.97 Å². The third-order valence-electron chi connectivity index (χ3n) is 3.68. The van der Waals surface area contributed by atoms with Crippen LogP contribution in [0.25, 0.3) is 0 Å². The zero-order chi connectivity index (χ0) is 15.2. The zero-order valence-corrected chi connectivity index (χ0v) is 13.7.